The molecular weight excluding hydrogens is 484 g/mol. The van der Waals surface area contributed by atoms with Crippen LogP contribution in [0.5, 0.6) is 0 Å². The standard InChI is InChI=1S/C23H14F4N6OS/c24-16-3-4-18(29-9-16)20(23(25,26)27)32-22(34)19-6-14(12-35-19)17-10-31-33-11-15(8-30-21(17)33)13-2-1-5-28-7-13/h1-12,20H,(H,32,34). The van der Waals surface area contributed by atoms with Gasteiger partial charge >= 0.3 is 6.18 Å². The van der Waals surface area contributed by atoms with Crippen LogP contribution >= 0.6 is 11.3 Å². The van der Waals surface area contributed by atoms with Crippen LogP contribution in [0.3, 0.4) is 0 Å². The Balaban J connectivity index is 1.40. The molecule has 5 aromatic rings. The van der Waals surface area contributed by atoms with E-state index in [0.29, 0.717) is 23.0 Å². The minimum atomic E-state index is -4.82. The highest BCUT2D eigenvalue weighted by molar-refractivity contribution is 7.12. The van der Waals surface area contributed by atoms with Gasteiger partial charge in [0.1, 0.15) is 5.82 Å². The smallest absolute Gasteiger partial charge is 0.335 e. The highest BCUT2D eigenvalue weighted by Crippen LogP contribution is 2.33. The van der Waals surface area contributed by atoms with Crippen molar-refractivity contribution in [1.82, 2.24) is 29.9 Å². The van der Waals surface area contributed by atoms with E-state index < -0.39 is 29.6 Å². The molecule has 0 aliphatic heterocycles. The summed E-state index contributed by atoms with van der Waals surface area (Å²) in [6, 6.07) is 4.53. The Kier molecular flexibility index (Phi) is 5.73. The first kappa shape index (κ1) is 22.6. The highest BCUT2D eigenvalue weighted by Gasteiger charge is 2.43. The van der Waals surface area contributed by atoms with Crippen LogP contribution in [0.4, 0.5) is 17.6 Å². The number of aromatic nitrogens is 5. The number of rotatable bonds is 5. The summed E-state index contributed by atoms with van der Waals surface area (Å²) < 4.78 is 55.4. The van der Waals surface area contributed by atoms with Crippen molar-refractivity contribution in [2.75, 3.05) is 0 Å². The fourth-order valence-corrected chi connectivity index (χ4v) is 4.25. The molecule has 1 unspecified atom stereocenters. The summed E-state index contributed by atoms with van der Waals surface area (Å²) in [5.41, 5.74) is 2.87. The lowest BCUT2D eigenvalue weighted by Gasteiger charge is -2.20. The first-order valence-electron chi connectivity index (χ1n) is 10.1. The molecule has 7 nitrogen and oxygen atoms in total. The number of amides is 1. The zero-order valence-corrected chi connectivity index (χ0v) is 18.4. The van der Waals surface area contributed by atoms with E-state index in [1.807, 2.05) is 17.4 Å². The van der Waals surface area contributed by atoms with E-state index in [9.17, 15) is 22.4 Å². The molecule has 0 fully saturated rings. The maximum atomic E-state index is 13.6. The predicted molar refractivity (Wildman–Crippen MR) is 120 cm³/mol. The molecule has 12 heteroatoms. The van der Waals surface area contributed by atoms with Gasteiger partial charge in [0, 0.05) is 41.5 Å². The van der Waals surface area contributed by atoms with Crippen molar-refractivity contribution < 1.29 is 22.4 Å². The number of nitrogens with zero attached hydrogens (tertiary/aromatic N) is 5. The number of pyridine rings is 2. The monoisotopic (exact) mass is 498 g/mol. The molecule has 35 heavy (non-hydrogen) atoms. The van der Waals surface area contributed by atoms with Crippen LogP contribution in [0.1, 0.15) is 21.4 Å². The summed E-state index contributed by atoms with van der Waals surface area (Å²) in [6.45, 7) is 0. The number of thiophene rings is 1. The summed E-state index contributed by atoms with van der Waals surface area (Å²) in [5, 5.41) is 7.90. The maximum Gasteiger partial charge on any atom is 0.414 e. The highest BCUT2D eigenvalue weighted by atomic mass is 32.1. The van der Waals surface area contributed by atoms with Gasteiger partial charge in [-0.15, -0.1) is 11.3 Å². The SMILES string of the molecule is O=C(NC(c1ccc(F)cn1)C(F)(F)F)c1cc(-c2cnn3cc(-c4cccnc4)cnc23)cs1. The second kappa shape index (κ2) is 8.87. The molecule has 176 valence electrons. The van der Waals surface area contributed by atoms with Crippen LogP contribution in [0.25, 0.3) is 27.9 Å². The molecule has 0 aliphatic rings. The largest absolute Gasteiger partial charge is 0.414 e. The van der Waals surface area contributed by atoms with Gasteiger partial charge in [-0.05, 0) is 35.2 Å². The third kappa shape index (κ3) is 4.60. The van der Waals surface area contributed by atoms with E-state index in [4.69, 9.17) is 0 Å². The predicted octanol–water partition coefficient (Wildman–Crippen LogP) is 5.09. The fourth-order valence-electron chi connectivity index (χ4n) is 3.44. The number of nitrogens with one attached hydrogen (secondary N) is 1. The molecular formula is C23H14F4N6OS. The third-order valence-electron chi connectivity index (χ3n) is 5.13. The third-order valence-corrected chi connectivity index (χ3v) is 6.06. The lowest BCUT2D eigenvalue weighted by molar-refractivity contribution is -0.156. The van der Waals surface area contributed by atoms with E-state index in [1.165, 1.54) is 6.07 Å². The van der Waals surface area contributed by atoms with Gasteiger partial charge in [0.25, 0.3) is 5.91 Å². The first-order valence-corrected chi connectivity index (χ1v) is 11.0. The average Bonchev–Trinajstić information content (AvgIpc) is 3.50. The molecule has 0 aliphatic carbocycles. The van der Waals surface area contributed by atoms with Crippen LogP contribution in [0, 0.1) is 5.82 Å². The molecule has 0 aromatic carbocycles. The molecule has 0 saturated carbocycles. The van der Waals surface area contributed by atoms with Gasteiger partial charge in [-0.2, -0.15) is 18.3 Å². The second-order valence-electron chi connectivity index (χ2n) is 7.46. The van der Waals surface area contributed by atoms with Crippen LogP contribution in [0.2, 0.25) is 0 Å². The number of carbonyl (C=O) groups excluding carboxylic acids is 1. The van der Waals surface area contributed by atoms with Gasteiger partial charge in [-0.1, -0.05) is 6.07 Å². The summed E-state index contributed by atoms with van der Waals surface area (Å²) in [7, 11) is 0. The topological polar surface area (TPSA) is 85.1 Å². The van der Waals surface area contributed by atoms with E-state index >= 15 is 0 Å². The molecule has 5 rings (SSSR count). The Bertz CT molecular complexity index is 1500. The first-order chi connectivity index (χ1) is 16.8. The number of hydrogen-bond acceptors (Lipinski definition) is 6. The van der Waals surface area contributed by atoms with Crippen molar-refractivity contribution in [1.29, 1.82) is 0 Å². The Morgan fingerprint density at radius 3 is 2.60 bits per heavy atom. The molecule has 0 spiro atoms. The minimum Gasteiger partial charge on any atom is -0.335 e. The molecule has 1 atom stereocenters. The quantitative estimate of drug-likeness (QED) is 0.342. The number of halogens is 4. The Labute approximate surface area is 199 Å². The van der Waals surface area contributed by atoms with Crippen molar-refractivity contribution in [3.8, 4) is 22.3 Å². The van der Waals surface area contributed by atoms with Gasteiger partial charge in [0.2, 0.25) is 0 Å². The summed E-state index contributed by atoms with van der Waals surface area (Å²) >= 11 is 0.982. The summed E-state index contributed by atoms with van der Waals surface area (Å²) in [6.07, 6.45) is 4.24. The lowest BCUT2D eigenvalue weighted by Crippen LogP contribution is -2.38. The van der Waals surface area contributed by atoms with E-state index in [-0.39, 0.29) is 4.88 Å². The van der Waals surface area contributed by atoms with Gasteiger partial charge in [0.05, 0.1) is 23.0 Å². The van der Waals surface area contributed by atoms with Crippen molar-refractivity contribution >= 4 is 22.9 Å². The zero-order valence-electron chi connectivity index (χ0n) is 17.6. The van der Waals surface area contributed by atoms with Crippen LogP contribution in [0.15, 0.2) is 72.9 Å². The normalized spacial score (nSPS) is 12.6. The van der Waals surface area contributed by atoms with Crippen molar-refractivity contribution in [3.05, 3.63) is 89.3 Å². The molecule has 5 aromatic heterocycles. The molecule has 0 bridgehead atoms. The molecule has 1 amide bonds. The maximum absolute atomic E-state index is 13.6. The average molecular weight is 498 g/mol. The van der Waals surface area contributed by atoms with Gasteiger partial charge in [-0.25, -0.2) is 13.9 Å². The Morgan fingerprint density at radius 2 is 1.89 bits per heavy atom. The Morgan fingerprint density at radius 1 is 1.03 bits per heavy atom. The number of alkyl halides is 3. The molecule has 0 radical (unpaired) electrons. The fraction of sp³-hybridized carbons (Fsp3) is 0.0870. The van der Waals surface area contributed by atoms with Gasteiger partial charge in [0.15, 0.2) is 11.7 Å². The lowest BCUT2D eigenvalue weighted by atomic mass is 10.1. The van der Waals surface area contributed by atoms with Crippen molar-refractivity contribution in [2.45, 2.75) is 12.2 Å². The summed E-state index contributed by atoms with van der Waals surface area (Å²) in [4.78, 5) is 24.7. The van der Waals surface area contributed by atoms with Gasteiger partial charge < -0.3 is 5.32 Å². The second-order valence-corrected chi connectivity index (χ2v) is 8.37. The number of fused-ring (bicyclic) bond motifs is 1. The zero-order chi connectivity index (χ0) is 24.6. The van der Waals surface area contributed by atoms with Crippen LogP contribution < -0.4 is 5.32 Å². The molecule has 5 heterocycles. The van der Waals surface area contributed by atoms with E-state index in [0.717, 1.165) is 34.6 Å². The van der Waals surface area contributed by atoms with Crippen LogP contribution in [-0.4, -0.2) is 36.6 Å². The van der Waals surface area contributed by atoms with Gasteiger partial charge in [-0.3, -0.25) is 14.8 Å². The molecule has 1 N–H and O–H groups in total. The van der Waals surface area contributed by atoms with E-state index in [1.54, 1.807) is 40.9 Å². The number of hydrogen-bond donors (Lipinski definition) is 1. The number of carbonyl (C=O) groups is 1. The van der Waals surface area contributed by atoms with Crippen molar-refractivity contribution in [2.24, 2.45) is 0 Å². The van der Waals surface area contributed by atoms with Crippen LogP contribution in [-0.2, 0) is 0 Å². The molecule has 0 saturated heterocycles. The summed E-state index contributed by atoms with van der Waals surface area (Å²) in [5.74, 6) is -1.71. The minimum absolute atomic E-state index is 0.0580. The Hall–Kier alpha value is -4.19. The van der Waals surface area contributed by atoms with Crippen molar-refractivity contribution in [3.63, 3.8) is 0 Å². The van der Waals surface area contributed by atoms with E-state index in [2.05, 4.69) is 20.1 Å².